The highest BCUT2D eigenvalue weighted by Crippen LogP contribution is 2.36. The van der Waals surface area contributed by atoms with Crippen molar-refractivity contribution in [2.45, 2.75) is 52.2 Å². The van der Waals surface area contributed by atoms with Gasteiger partial charge in [0.1, 0.15) is 0 Å². The maximum Gasteiger partial charge on any atom is 0.494 e. The fraction of sp³-hybridized carbons (Fsp3) is 0.533. The van der Waals surface area contributed by atoms with E-state index in [-0.39, 0.29) is 18.3 Å². The lowest BCUT2D eigenvalue weighted by molar-refractivity contribution is 0.00578. The Labute approximate surface area is 115 Å². The number of aryl methyl sites for hydroxylation is 1. The average Bonchev–Trinajstić information content (AvgIpc) is 2.48. The summed E-state index contributed by atoms with van der Waals surface area (Å²) in [6.45, 7) is 10.1. The van der Waals surface area contributed by atoms with Gasteiger partial charge < -0.3 is 9.31 Å². The van der Waals surface area contributed by atoms with Gasteiger partial charge in [-0.3, -0.25) is 4.98 Å². The van der Waals surface area contributed by atoms with Crippen LogP contribution in [0.25, 0.3) is 0 Å². The summed E-state index contributed by atoms with van der Waals surface area (Å²) in [5, 5.41) is 0. The van der Waals surface area contributed by atoms with Gasteiger partial charge in [0.05, 0.1) is 23.3 Å². The van der Waals surface area contributed by atoms with E-state index in [4.69, 9.17) is 15.7 Å². The van der Waals surface area contributed by atoms with Crippen molar-refractivity contribution in [2.24, 2.45) is 0 Å². The van der Waals surface area contributed by atoms with Crippen molar-refractivity contribution in [1.82, 2.24) is 4.98 Å². The van der Waals surface area contributed by atoms with Crippen LogP contribution in [0.4, 0.5) is 0 Å². The van der Waals surface area contributed by atoms with Crippen LogP contribution in [0, 0.1) is 19.3 Å². The standard InChI is InChI=1S/C15H20BNO2/c1-7-8-13-10-12(9-11(2)17-13)16-18-14(3,4)15(5,6)19-16/h1,9-10H,8H2,2-6H3. The molecule has 1 aromatic rings. The Kier molecular flexibility index (Phi) is 3.46. The van der Waals surface area contributed by atoms with E-state index >= 15 is 0 Å². The molecule has 0 saturated carbocycles. The van der Waals surface area contributed by atoms with Gasteiger partial charge in [-0.1, -0.05) is 0 Å². The van der Waals surface area contributed by atoms with Crippen molar-refractivity contribution >= 4 is 12.6 Å². The number of hydrogen-bond donors (Lipinski definition) is 0. The van der Waals surface area contributed by atoms with Crippen LogP contribution in [0.1, 0.15) is 39.1 Å². The molecule has 0 amide bonds. The van der Waals surface area contributed by atoms with Crippen LogP contribution in [0.2, 0.25) is 0 Å². The molecule has 0 atom stereocenters. The Morgan fingerprint density at radius 2 is 1.79 bits per heavy atom. The Balaban J connectivity index is 2.32. The molecule has 1 fully saturated rings. The molecule has 0 bridgehead atoms. The molecule has 0 spiro atoms. The minimum absolute atomic E-state index is 0.332. The Morgan fingerprint density at radius 1 is 1.21 bits per heavy atom. The first-order valence-electron chi connectivity index (χ1n) is 6.52. The van der Waals surface area contributed by atoms with Crippen molar-refractivity contribution in [3.05, 3.63) is 23.5 Å². The fourth-order valence-electron chi connectivity index (χ4n) is 2.08. The van der Waals surface area contributed by atoms with Gasteiger partial charge >= 0.3 is 7.12 Å². The van der Waals surface area contributed by atoms with E-state index in [0.29, 0.717) is 6.42 Å². The largest absolute Gasteiger partial charge is 0.494 e. The van der Waals surface area contributed by atoms with Crippen LogP contribution >= 0.6 is 0 Å². The van der Waals surface area contributed by atoms with Crippen molar-refractivity contribution in [1.29, 1.82) is 0 Å². The van der Waals surface area contributed by atoms with E-state index in [1.165, 1.54) is 0 Å². The van der Waals surface area contributed by atoms with Crippen LogP contribution in [-0.2, 0) is 15.7 Å². The molecule has 1 aliphatic heterocycles. The molecule has 0 N–H and O–H groups in total. The second kappa shape index (κ2) is 4.66. The molecule has 0 aliphatic carbocycles. The van der Waals surface area contributed by atoms with E-state index in [0.717, 1.165) is 16.9 Å². The number of terminal acetylenes is 1. The molecule has 0 unspecified atom stereocenters. The molecule has 3 nitrogen and oxygen atoms in total. The quantitative estimate of drug-likeness (QED) is 0.598. The molecule has 0 aromatic carbocycles. The molecule has 2 rings (SSSR count). The first-order valence-corrected chi connectivity index (χ1v) is 6.52. The summed E-state index contributed by atoms with van der Waals surface area (Å²) >= 11 is 0. The summed E-state index contributed by atoms with van der Waals surface area (Å²) in [6, 6.07) is 3.96. The second-order valence-electron chi connectivity index (χ2n) is 6.00. The lowest BCUT2D eigenvalue weighted by Crippen LogP contribution is -2.41. The van der Waals surface area contributed by atoms with Crippen LogP contribution in [0.15, 0.2) is 12.1 Å². The molecule has 100 valence electrons. The summed E-state index contributed by atoms with van der Waals surface area (Å²) in [7, 11) is -0.358. The van der Waals surface area contributed by atoms with Gasteiger partial charge in [0, 0.05) is 5.69 Å². The second-order valence-corrected chi connectivity index (χ2v) is 6.00. The monoisotopic (exact) mass is 257 g/mol. The highest BCUT2D eigenvalue weighted by molar-refractivity contribution is 6.62. The van der Waals surface area contributed by atoms with Crippen LogP contribution in [0.3, 0.4) is 0 Å². The zero-order valence-corrected chi connectivity index (χ0v) is 12.3. The summed E-state index contributed by atoms with van der Waals surface area (Å²) in [5.41, 5.74) is 2.13. The Hall–Kier alpha value is -1.31. The predicted octanol–water partition coefficient (Wildman–Crippen LogP) is 1.86. The summed E-state index contributed by atoms with van der Waals surface area (Å²) in [4.78, 5) is 4.41. The molecule has 1 saturated heterocycles. The third-order valence-electron chi connectivity index (χ3n) is 3.84. The minimum atomic E-state index is -0.358. The summed E-state index contributed by atoms with van der Waals surface area (Å²) < 4.78 is 12.1. The molecule has 4 heteroatoms. The smallest absolute Gasteiger partial charge is 0.399 e. The van der Waals surface area contributed by atoms with Crippen molar-refractivity contribution in [3.8, 4) is 12.3 Å². The van der Waals surface area contributed by atoms with Gasteiger partial charge in [0.15, 0.2) is 0 Å². The van der Waals surface area contributed by atoms with E-state index in [1.807, 2.05) is 46.8 Å². The Bertz CT molecular complexity index is 515. The number of rotatable bonds is 2. The highest BCUT2D eigenvalue weighted by atomic mass is 16.7. The number of nitrogens with zero attached hydrogens (tertiary/aromatic N) is 1. The van der Waals surface area contributed by atoms with Crippen LogP contribution in [-0.4, -0.2) is 23.3 Å². The first kappa shape index (κ1) is 14.1. The van der Waals surface area contributed by atoms with E-state index < -0.39 is 0 Å². The van der Waals surface area contributed by atoms with Gasteiger partial charge in [-0.05, 0) is 52.2 Å². The predicted molar refractivity (Wildman–Crippen MR) is 77.2 cm³/mol. The number of pyridine rings is 1. The topological polar surface area (TPSA) is 31.4 Å². The zero-order valence-electron chi connectivity index (χ0n) is 12.3. The van der Waals surface area contributed by atoms with E-state index in [9.17, 15) is 0 Å². The van der Waals surface area contributed by atoms with Crippen LogP contribution in [0.5, 0.6) is 0 Å². The maximum atomic E-state index is 6.04. The van der Waals surface area contributed by atoms with Gasteiger partial charge in [-0.15, -0.1) is 12.3 Å². The maximum absolute atomic E-state index is 6.04. The van der Waals surface area contributed by atoms with Crippen molar-refractivity contribution < 1.29 is 9.31 Å². The van der Waals surface area contributed by atoms with Crippen molar-refractivity contribution in [3.63, 3.8) is 0 Å². The lowest BCUT2D eigenvalue weighted by Gasteiger charge is -2.32. The lowest BCUT2D eigenvalue weighted by atomic mass is 9.78. The van der Waals surface area contributed by atoms with E-state index in [2.05, 4.69) is 10.9 Å². The molecule has 0 radical (unpaired) electrons. The van der Waals surface area contributed by atoms with Gasteiger partial charge in [-0.25, -0.2) is 0 Å². The highest BCUT2D eigenvalue weighted by Gasteiger charge is 2.51. The van der Waals surface area contributed by atoms with E-state index in [1.54, 1.807) is 0 Å². The van der Waals surface area contributed by atoms with Gasteiger partial charge in [0.25, 0.3) is 0 Å². The third-order valence-corrected chi connectivity index (χ3v) is 3.84. The molecular formula is C15H20BNO2. The Morgan fingerprint density at radius 3 is 2.32 bits per heavy atom. The normalized spacial score (nSPS) is 20.3. The zero-order chi connectivity index (χ0) is 14.3. The third kappa shape index (κ3) is 2.68. The molecule has 19 heavy (non-hydrogen) atoms. The molecule has 2 heterocycles. The SMILES string of the molecule is C#CCc1cc(B2OC(C)(C)C(C)(C)O2)cc(C)n1. The number of aromatic nitrogens is 1. The van der Waals surface area contributed by atoms with Gasteiger partial charge in [0.2, 0.25) is 0 Å². The first-order chi connectivity index (χ1) is 8.75. The summed E-state index contributed by atoms with van der Waals surface area (Å²) in [6.07, 6.45) is 5.87. The van der Waals surface area contributed by atoms with Crippen LogP contribution < -0.4 is 5.46 Å². The molecule has 1 aliphatic rings. The molecule has 1 aromatic heterocycles. The van der Waals surface area contributed by atoms with Crippen molar-refractivity contribution in [2.75, 3.05) is 0 Å². The number of hydrogen-bond acceptors (Lipinski definition) is 3. The fourth-order valence-corrected chi connectivity index (χ4v) is 2.08. The molecular weight excluding hydrogens is 237 g/mol. The minimum Gasteiger partial charge on any atom is -0.399 e. The average molecular weight is 257 g/mol. The van der Waals surface area contributed by atoms with Gasteiger partial charge in [-0.2, -0.15) is 0 Å². The summed E-state index contributed by atoms with van der Waals surface area (Å²) in [5.74, 6) is 2.62.